The molecule has 3 unspecified atom stereocenters. The summed E-state index contributed by atoms with van der Waals surface area (Å²) in [6.07, 6.45) is -0.820. The van der Waals surface area contributed by atoms with E-state index in [-0.39, 0.29) is 28.2 Å². The van der Waals surface area contributed by atoms with Gasteiger partial charge in [-0.25, -0.2) is 15.0 Å². The molecular weight excluding hydrogens is 428 g/mol. The summed E-state index contributed by atoms with van der Waals surface area (Å²) in [4.78, 5) is 25.0. The third-order valence-electron chi connectivity index (χ3n) is 6.19. The zero-order valence-corrected chi connectivity index (χ0v) is 18.9. The second-order valence-corrected chi connectivity index (χ2v) is 9.56. The van der Waals surface area contributed by atoms with Crippen LogP contribution in [0.5, 0.6) is 0 Å². The number of aliphatic hydroxyl groups is 3. The summed E-state index contributed by atoms with van der Waals surface area (Å²) < 4.78 is 7.05. The van der Waals surface area contributed by atoms with E-state index in [0.717, 1.165) is 12.8 Å². The smallest absolute Gasteiger partial charge is 0.252 e. The molecule has 0 bridgehead atoms. The Labute approximate surface area is 191 Å². The highest BCUT2D eigenvalue weighted by Gasteiger charge is 2.47. The molecule has 11 nitrogen and oxygen atoms in total. The fourth-order valence-electron chi connectivity index (χ4n) is 4.67. The van der Waals surface area contributed by atoms with Gasteiger partial charge in [-0.1, -0.05) is 19.8 Å². The molecule has 1 saturated carbocycles. The number of carbonyl (C=O) groups excluding carboxylic acids is 1. The van der Waals surface area contributed by atoms with Crippen LogP contribution in [0, 0.1) is 17.3 Å². The first-order chi connectivity index (χ1) is 15.5. The van der Waals surface area contributed by atoms with Crippen molar-refractivity contribution in [3.8, 4) is 11.8 Å². The van der Waals surface area contributed by atoms with Crippen molar-refractivity contribution in [2.75, 3.05) is 12.3 Å². The molecule has 33 heavy (non-hydrogen) atoms. The van der Waals surface area contributed by atoms with Crippen molar-refractivity contribution < 1.29 is 24.9 Å². The predicted molar refractivity (Wildman–Crippen MR) is 118 cm³/mol. The van der Waals surface area contributed by atoms with Crippen molar-refractivity contribution in [1.29, 1.82) is 0 Å². The molecule has 0 radical (unpaired) electrons. The molecule has 1 amide bonds. The Morgan fingerprint density at radius 3 is 2.79 bits per heavy atom. The van der Waals surface area contributed by atoms with Gasteiger partial charge in [0.15, 0.2) is 23.8 Å². The standard InChI is InChI=1S/C22H30N6O5/c1-4-24-19(31)16-14(29)15(30)20(33-16)28-11-25-13-17(23)26-12(27-18(13)28)6-9-22(32)8-5-7-21(2,3)10-22/h11,14-16,20,29-30,32H,4-5,7-8,10H2,1-3H3,(H,24,31)(H2,23,26,27)/t14?,15?,16-,20+,22?/m0/s1. The topological polar surface area (TPSA) is 169 Å². The van der Waals surface area contributed by atoms with E-state index in [2.05, 4.69) is 46.0 Å². The first-order valence-electron chi connectivity index (χ1n) is 11.1. The van der Waals surface area contributed by atoms with Crippen LogP contribution in [0.25, 0.3) is 11.2 Å². The summed E-state index contributed by atoms with van der Waals surface area (Å²) in [5, 5.41) is 34.4. The molecule has 178 valence electrons. The van der Waals surface area contributed by atoms with E-state index in [0.29, 0.717) is 19.4 Å². The fraction of sp³-hybridized carbons (Fsp3) is 0.636. The van der Waals surface area contributed by atoms with Crippen LogP contribution in [-0.2, 0) is 9.53 Å². The van der Waals surface area contributed by atoms with Gasteiger partial charge in [-0.2, -0.15) is 0 Å². The molecule has 0 aromatic carbocycles. The molecule has 11 heteroatoms. The Bertz CT molecular complexity index is 1120. The van der Waals surface area contributed by atoms with Crippen LogP contribution in [0.2, 0.25) is 0 Å². The number of likely N-dealkylation sites (N-methyl/N-ethyl adjacent to an activating group) is 1. The van der Waals surface area contributed by atoms with E-state index < -0.39 is 36.0 Å². The lowest BCUT2D eigenvalue weighted by atomic mass is 9.70. The van der Waals surface area contributed by atoms with Crippen LogP contribution in [0.15, 0.2) is 6.33 Å². The van der Waals surface area contributed by atoms with E-state index in [4.69, 9.17) is 10.5 Å². The number of amides is 1. The van der Waals surface area contributed by atoms with Gasteiger partial charge >= 0.3 is 0 Å². The van der Waals surface area contributed by atoms with Crippen molar-refractivity contribution in [2.24, 2.45) is 5.41 Å². The van der Waals surface area contributed by atoms with E-state index in [1.807, 2.05) is 0 Å². The molecule has 0 spiro atoms. The minimum absolute atomic E-state index is 0.0124. The Balaban J connectivity index is 1.66. The third kappa shape index (κ3) is 4.52. The highest BCUT2D eigenvalue weighted by molar-refractivity contribution is 5.83. The molecule has 2 fully saturated rings. The number of aromatic nitrogens is 4. The van der Waals surface area contributed by atoms with Gasteiger partial charge in [0.25, 0.3) is 5.91 Å². The zero-order valence-electron chi connectivity index (χ0n) is 18.9. The average molecular weight is 459 g/mol. The number of aliphatic hydroxyl groups excluding tert-OH is 2. The van der Waals surface area contributed by atoms with Crippen LogP contribution >= 0.6 is 0 Å². The van der Waals surface area contributed by atoms with Crippen molar-refractivity contribution in [2.45, 2.75) is 76.6 Å². The van der Waals surface area contributed by atoms with Crippen LogP contribution in [0.4, 0.5) is 5.82 Å². The molecule has 2 aromatic rings. The number of carbonyl (C=O) groups is 1. The van der Waals surface area contributed by atoms with Crippen LogP contribution < -0.4 is 11.1 Å². The number of hydrogen-bond acceptors (Lipinski definition) is 9. The average Bonchev–Trinajstić information content (AvgIpc) is 3.27. The highest BCUT2D eigenvalue weighted by Crippen LogP contribution is 2.40. The monoisotopic (exact) mass is 458 g/mol. The molecule has 2 aromatic heterocycles. The van der Waals surface area contributed by atoms with Crippen LogP contribution in [0.3, 0.4) is 0 Å². The number of anilines is 1. The molecule has 5 atom stereocenters. The largest absolute Gasteiger partial charge is 0.387 e. The third-order valence-corrected chi connectivity index (χ3v) is 6.19. The molecule has 4 rings (SSSR count). The number of nitrogens with zero attached hydrogens (tertiary/aromatic N) is 4. The Morgan fingerprint density at radius 2 is 2.09 bits per heavy atom. The molecule has 1 aliphatic carbocycles. The maximum atomic E-state index is 12.2. The van der Waals surface area contributed by atoms with E-state index in [1.54, 1.807) is 6.92 Å². The Hall–Kier alpha value is -2.78. The van der Waals surface area contributed by atoms with Crippen molar-refractivity contribution in [3.05, 3.63) is 12.2 Å². The maximum Gasteiger partial charge on any atom is 0.252 e. The summed E-state index contributed by atoms with van der Waals surface area (Å²) in [6, 6.07) is 0. The summed E-state index contributed by atoms with van der Waals surface area (Å²) >= 11 is 0. The Kier molecular flexibility index (Phi) is 6.05. The number of rotatable bonds is 3. The number of ether oxygens (including phenoxy) is 1. The number of nitrogen functional groups attached to an aromatic ring is 1. The van der Waals surface area contributed by atoms with E-state index >= 15 is 0 Å². The fourth-order valence-corrected chi connectivity index (χ4v) is 4.67. The van der Waals surface area contributed by atoms with Gasteiger partial charge in [-0.15, -0.1) is 0 Å². The second-order valence-electron chi connectivity index (χ2n) is 9.56. The van der Waals surface area contributed by atoms with Gasteiger partial charge in [0, 0.05) is 6.54 Å². The predicted octanol–water partition coefficient (Wildman–Crippen LogP) is -0.153. The molecule has 6 N–H and O–H groups in total. The van der Waals surface area contributed by atoms with E-state index in [9.17, 15) is 20.1 Å². The minimum atomic E-state index is -1.43. The number of hydrogen-bond donors (Lipinski definition) is 5. The van der Waals surface area contributed by atoms with Gasteiger partial charge in [-0.05, 0) is 43.9 Å². The van der Waals surface area contributed by atoms with Crippen molar-refractivity contribution in [3.63, 3.8) is 0 Å². The molecular formula is C22H30N6O5. The van der Waals surface area contributed by atoms with Crippen molar-refractivity contribution >= 4 is 22.9 Å². The van der Waals surface area contributed by atoms with Crippen LogP contribution in [0.1, 0.15) is 58.5 Å². The maximum absolute atomic E-state index is 12.2. The SMILES string of the molecule is CCNC(=O)[C@H]1O[C@@H](n2cnc3c(N)nc(C#CC4(O)CCCC(C)(C)C4)nc32)C(O)C1O. The first kappa shape index (κ1) is 23.4. The van der Waals surface area contributed by atoms with Crippen molar-refractivity contribution in [1.82, 2.24) is 24.8 Å². The lowest BCUT2D eigenvalue weighted by Gasteiger charge is -2.38. The quantitative estimate of drug-likeness (QED) is 0.393. The highest BCUT2D eigenvalue weighted by atomic mass is 16.6. The summed E-state index contributed by atoms with van der Waals surface area (Å²) in [5.74, 6) is 5.39. The zero-order chi connectivity index (χ0) is 24.0. The number of fused-ring (bicyclic) bond motifs is 1. The summed E-state index contributed by atoms with van der Waals surface area (Å²) in [5.41, 5.74) is 5.41. The van der Waals surface area contributed by atoms with E-state index in [1.165, 1.54) is 10.9 Å². The summed E-state index contributed by atoms with van der Waals surface area (Å²) in [6.45, 7) is 6.31. The van der Waals surface area contributed by atoms with Gasteiger partial charge in [0.1, 0.15) is 23.3 Å². The molecule has 2 aliphatic rings. The Morgan fingerprint density at radius 1 is 1.33 bits per heavy atom. The summed E-state index contributed by atoms with van der Waals surface area (Å²) in [7, 11) is 0. The van der Waals surface area contributed by atoms with Gasteiger partial charge in [0.05, 0.1) is 6.33 Å². The van der Waals surface area contributed by atoms with Crippen LogP contribution in [-0.4, -0.2) is 71.2 Å². The van der Waals surface area contributed by atoms with Gasteiger partial charge in [-0.3, -0.25) is 9.36 Å². The number of nitrogens with one attached hydrogen (secondary N) is 1. The van der Waals surface area contributed by atoms with Gasteiger partial charge < -0.3 is 31.1 Å². The second kappa shape index (κ2) is 8.53. The van der Waals surface area contributed by atoms with Gasteiger partial charge in [0.2, 0.25) is 5.82 Å². The molecule has 1 saturated heterocycles. The molecule has 3 heterocycles. The minimum Gasteiger partial charge on any atom is -0.387 e. The normalized spacial score (nSPS) is 31.2. The lowest BCUT2D eigenvalue weighted by molar-refractivity contribution is -0.137. The molecule has 1 aliphatic heterocycles. The number of imidazole rings is 1. The first-order valence-corrected chi connectivity index (χ1v) is 11.1. The number of nitrogens with two attached hydrogens (primary N) is 1. The lowest BCUT2D eigenvalue weighted by Crippen LogP contribution is -2.42.